The van der Waals surface area contributed by atoms with Gasteiger partial charge in [-0.15, -0.1) is 0 Å². The van der Waals surface area contributed by atoms with Crippen LogP contribution in [0.4, 0.5) is 0 Å². The Kier molecular flexibility index (Phi) is 4.53. The predicted molar refractivity (Wildman–Crippen MR) is 75.9 cm³/mol. The number of para-hydroxylation sites is 1. The number of rotatable bonds is 1. The van der Waals surface area contributed by atoms with Crippen LogP contribution in [0.5, 0.6) is 0 Å². The van der Waals surface area contributed by atoms with Crippen LogP contribution in [0.25, 0.3) is 11.0 Å². The van der Waals surface area contributed by atoms with Crippen molar-refractivity contribution in [3.05, 3.63) is 46.3 Å². The third-order valence-electron chi connectivity index (χ3n) is 3.17. The van der Waals surface area contributed by atoms with E-state index in [-0.39, 0.29) is 11.7 Å². The fourth-order valence-electron chi connectivity index (χ4n) is 2.06. The molecule has 0 bridgehead atoms. The van der Waals surface area contributed by atoms with Crippen LogP contribution in [0, 0.1) is 6.92 Å². The average molecular weight is 275 g/mol. The Morgan fingerprint density at radius 2 is 2.15 bits per heavy atom. The van der Waals surface area contributed by atoms with Gasteiger partial charge in [-0.05, 0) is 38.4 Å². The maximum Gasteiger partial charge on any atom is 0.339 e. The molecule has 0 amide bonds. The number of carboxylic acids is 1. The smallest absolute Gasteiger partial charge is 0.339 e. The van der Waals surface area contributed by atoms with Crippen LogP contribution in [0.1, 0.15) is 18.4 Å². The van der Waals surface area contributed by atoms with Gasteiger partial charge in [-0.2, -0.15) is 0 Å². The lowest BCUT2D eigenvalue weighted by molar-refractivity contribution is -0.139. The largest absolute Gasteiger partial charge is 0.480 e. The number of hydrogen-bond acceptors (Lipinski definition) is 4. The lowest BCUT2D eigenvalue weighted by atomic mass is 10.2. The summed E-state index contributed by atoms with van der Waals surface area (Å²) in [6, 6.07) is 9.04. The molecule has 5 heteroatoms. The second kappa shape index (κ2) is 6.34. The summed E-state index contributed by atoms with van der Waals surface area (Å²) in [6.45, 7) is 2.61. The monoisotopic (exact) mass is 275 g/mol. The Labute approximate surface area is 116 Å². The highest BCUT2D eigenvalue weighted by molar-refractivity contribution is 5.76. The molecule has 106 valence electrons. The van der Waals surface area contributed by atoms with Crippen LogP contribution >= 0.6 is 0 Å². The number of aryl methyl sites for hydroxylation is 1. The number of carbonyl (C=O) groups is 1. The Balaban J connectivity index is 0.000000160. The van der Waals surface area contributed by atoms with Crippen molar-refractivity contribution in [3.63, 3.8) is 0 Å². The molecule has 5 nitrogen and oxygen atoms in total. The minimum Gasteiger partial charge on any atom is -0.480 e. The van der Waals surface area contributed by atoms with E-state index in [2.05, 4.69) is 5.32 Å². The average Bonchev–Trinajstić information content (AvgIpc) is 2.95. The molecule has 0 aliphatic carbocycles. The van der Waals surface area contributed by atoms with Gasteiger partial charge in [-0.25, -0.2) is 4.79 Å². The van der Waals surface area contributed by atoms with E-state index in [0.717, 1.165) is 24.8 Å². The first-order valence-electron chi connectivity index (χ1n) is 6.53. The van der Waals surface area contributed by atoms with E-state index in [9.17, 15) is 9.59 Å². The van der Waals surface area contributed by atoms with E-state index < -0.39 is 5.97 Å². The van der Waals surface area contributed by atoms with Crippen molar-refractivity contribution in [2.24, 2.45) is 0 Å². The van der Waals surface area contributed by atoms with Gasteiger partial charge < -0.3 is 14.8 Å². The van der Waals surface area contributed by atoms with Crippen LogP contribution in [-0.4, -0.2) is 23.7 Å². The molecule has 1 aliphatic heterocycles. The van der Waals surface area contributed by atoms with Crippen molar-refractivity contribution in [3.8, 4) is 0 Å². The number of carboxylic acid groups (broad SMARTS) is 1. The van der Waals surface area contributed by atoms with Gasteiger partial charge >= 0.3 is 11.6 Å². The highest BCUT2D eigenvalue weighted by Gasteiger charge is 2.20. The summed E-state index contributed by atoms with van der Waals surface area (Å²) in [5, 5.41) is 12.2. The van der Waals surface area contributed by atoms with Crippen molar-refractivity contribution < 1.29 is 14.3 Å². The molecule has 1 aromatic carbocycles. The number of aliphatic carboxylic acids is 1. The number of hydrogen-bond donors (Lipinski definition) is 2. The van der Waals surface area contributed by atoms with Crippen molar-refractivity contribution in [2.75, 3.05) is 6.54 Å². The van der Waals surface area contributed by atoms with Crippen LogP contribution in [-0.2, 0) is 4.79 Å². The summed E-state index contributed by atoms with van der Waals surface area (Å²) >= 11 is 0. The fourth-order valence-corrected chi connectivity index (χ4v) is 2.06. The zero-order chi connectivity index (χ0) is 14.5. The van der Waals surface area contributed by atoms with Crippen LogP contribution < -0.4 is 10.9 Å². The van der Waals surface area contributed by atoms with Crippen LogP contribution in [0.15, 0.2) is 39.5 Å². The van der Waals surface area contributed by atoms with Crippen molar-refractivity contribution >= 4 is 16.9 Å². The van der Waals surface area contributed by atoms with E-state index in [1.54, 1.807) is 13.0 Å². The van der Waals surface area contributed by atoms with Gasteiger partial charge in [-0.1, -0.05) is 18.2 Å². The molecule has 1 fully saturated rings. The van der Waals surface area contributed by atoms with E-state index >= 15 is 0 Å². The summed E-state index contributed by atoms with van der Waals surface area (Å²) in [5.41, 5.74) is 1.04. The second-order valence-electron chi connectivity index (χ2n) is 4.74. The normalized spacial score (nSPS) is 17.6. The highest BCUT2D eigenvalue weighted by atomic mass is 16.4. The lowest BCUT2D eigenvalue weighted by Gasteiger charge is -1.99. The molecule has 3 rings (SSSR count). The van der Waals surface area contributed by atoms with Crippen molar-refractivity contribution in [2.45, 2.75) is 25.8 Å². The van der Waals surface area contributed by atoms with Gasteiger partial charge in [0.1, 0.15) is 11.6 Å². The molecule has 1 atom stereocenters. The molecule has 1 aromatic heterocycles. The van der Waals surface area contributed by atoms with Crippen LogP contribution in [0.2, 0.25) is 0 Å². The standard InChI is InChI=1S/C10H8O2.C5H9NO2/c1-7-6-8-4-2-3-5-9(8)12-10(7)11;7-5(8)4-2-1-3-6-4/h2-6H,1H3;4,6H,1-3H2,(H,7,8)/t;4-/m.0/s1. The minimum atomic E-state index is -0.720. The Bertz CT molecular complexity index is 656. The molecule has 20 heavy (non-hydrogen) atoms. The van der Waals surface area contributed by atoms with Gasteiger partial charge in [0.15, 0.2) is 0 Å². The number of nitrogens with one attached hydrogen (secondary N) is 1. The zero-order valence-corrected chi connectivity index (χ0v) is 11.3. The molecule has 1 saturated heterocycles. The summed E-state index contributed by atoms with van der Waals surface area (Å²) < 4.78 is 5.04. The SMILES string of the molecule is Cc1cc2ccccc2oc1=O.O=C(O)[C@@H]1CCCN1. The Morgan fingerprint density at radius 3 is 2.75 bits per heavy atom. The maximum absolute atomic E-state index is 11.1. The first-order valence-corrected chi connectivity index (χ1v) is 6.53. The molecule has 2 heterocycles. The Morgan fingerprint density at radius 1 is 1.40 bits per heavy atom. The summed E-state index contributed by atoms with van der Waals surface area (Å²) in [6.07, 6.45) is 1.78. The molecule has 0 unspecified atom stereocenters. The van der Waals surface area contributed by atoms with Crippen LogP contribution in [0.3, 0.4) is 0 Å². The van der Waals surface area contributed by atoms with E-state index in [0.29, 0.717) is 11.1 Å². The van der Waals surface area contributed by atoms with Crippen molar-refractivity contribution in [1.29, 1.82) is 0 Å². The predicted octanol–water partition coefficient (Wildman–Crippen LogP) is 1.92. The molecule has 0 saturated carbocycles. The Hall–Kier alpha value is -2.14. The quantitative estimate of drug-likeness (QED) is 0.777. The zero-order valence-electron chi connectivity index (χ0n) is 11.3. The molecule has 0 radical (unpaired) electrons. The molecule has 2 N–H and O–H groups in total. The highest BCUT2D eigenvalue weighted by Crippen LogP contribution is 2.11. The van der Waals surface area contributed by atoms with E-state index in [1.807, 2.05) is 24.3 Å². The minimum absolute atomic E-state index is 0.256. The van der Waals surface area contributed by atoms with Gasteiger partial charge in [0.25, 0.3) is 0 Å². The molecular weight excluding hydrogens is 258 g/mol. The van der Waals surface area contributed by atoms with Gasteiger partial charge in [-0.3, -0.25) is 4.79 Å². The first-order chi connectivity index (χ1) is 9.58. The van der Waals surface area contributed by atoms with Gasteiger partial charge in [0, 0.05) is 10.9 Å². The molecule has 2 aromatic rings. The third-order valence-corrected chi connectivity index (χ3v) is 3.17. The molecule has 0 spiro atoms. The van der Waals surface area contributed by atoms with Crippen molar-refractivity contribution in [1.82, 2.24) is 5.32 Å². The summed E-state index contributed by atoms with van der Waals surface area (Å²) in [4.78, 5) is 21.2. The second-order valence-corrected chi connectivity index (χ2v) is 4.74. The summed E-state index contributed by atoms with van der Waals surface area (Å²) in [5.74, 6) is -0.720. The van der Waals surface area contributed by atoms with Gasteiger partial charge in [0.05, 0.1) is 0 Å². The first kappa shape index (κ1) is 14.3. The third kappa shape index (κ3) is 3.45. The van der Waals surface area contributed by atoms with E-state index in [4.69, 9.17) is 9.52 Å². The topological polar surface area (TPSA) is 79.5 Å². The number of benzene rings is 1. The number of fused-ring (bicyclic) bond motifs is 1. The fraction of sp³-hybridized carbons (Fsp3) is 0.333. The lowest BCUT2D eigenvalue weighted by Crippen LogP contribution is -2.29. The van der Waals surface area contributed by atoms with E-state index in [1.165, 1.54) is 0 Å². The summed E-state index contributed by atoms with van der Waals surface area (Å²) in [7, 11) is 0. The molecule has 1 aliphatic rings. The maximum atomic E-state index is 11.1. The molecular formula is C15H17NO4. The van der Waals surface area contributed by atoms with Gasteiger partial charge in [0.2, 0.25) is 0 Å².